The van der Waals surface area contributed by atoms with E-state index in [1.54, 1.807) is 36.6 Å². The number of aromatic nitrogens is 4. The number of carbonyl (C=O) groups is 1. The van der Waals surface area contributed by atoms with Gasteiger partial charge in [0.2, 0.25) is 15.9 Å². The number of furan rings is 1. The van der Waals surface area contributed by atoms with Gasteiger partial charge in [-0.15, -0.1) is 15.3 Å². The number of fused-ring (bicyclic) bond motifs is 1. The van der Waals surface area contributed by atoms with E-state index in [0.717, 1.165) is 0 Å². The number of hydrogen-bond donors (Lipinski definition) is 1. The van der Waals surface area contributed by atoms with Crippen molar-refractivity contribution >= 4 is 27.3 Å². The third-order valence-corrected chi connectivity index (χ3v) is 4.41. The number of amides is 1. The highest BCUT2D eigenvalue weighted by atomic mass is 32.1. The second-order valence-electron chi connectivity index (χ2n) is 5.13. The fraction of sp³-hybridized carbons (Fsp3) is 0.125. The lowest BCUT2D eigenvalue weighted by Gasteiger charge is -2.09. The summed E-state index contributed by atoms with van der Waals surface area (Å²) in [6.07, 6.45) is 1.54. The number of methoxy groups -OCH3 is 2. The fourth-order valence-electron chi connectivity index (χ4n) is 2.37. The van der Waals surface area contributed by atoms with Crippen molar-refractivity contribution in [1.29, 1.82) is 0 Å². The van der Waals surface area contributed by atoms with E-state index in [2.05, 4.69) is 20.6 Å². The Balaban J connectivity index is 1.60. The summed E-state index contributed by atoms with van der Waals surface area (Å²) >= 11 is 1.20. The van der Waals surface area contributed by atoms with Crippen molar-refractivity contribution < 1.29 is 18.7 Å². The van der Waals surface area contributed by atoms with Gasteiger partial charge in [0.05, 0.1) is 20.5 Å². The standard InChI is InChI=1S/C16H13N5O4S/c1-23-10-6-5-9(8-12(10)24-2)14(22)17-15-20-21-13(11-4-3-7-25-11)18-19-16(21)26-15/h3-8H,1-2H3,(H,17,20,22). The molecule has 0 unspecified atom stereocenters. The van der Waals surface area contributed by atoms with E-state index in [1.165, 1.54) is 30.1 Å². The van der Waals surface area contributed by atoms with Crippen LogP contribution >= 0.6 is 11.3 Å². The SMILES string of the molecule is COc1ccc(C(=O)Nc2nn3c(-c4ccco4)nnc3s2)cc1OC. The minimum atomic E-state index is -0.324. The van der Waals surface area contributed by atoms with Crippen molar-refractivity contribution in [3.05, 3.63) is 42.2 Å². The lowest BCUT2D eigenvalue weighted by molar-refractivity contribution is 0.102. The van der Waals surface area contributed by atoms with E-state index in [9.17, 15) is 4.79 Å². The summed E-state index contributed by atoms with van der Waals surface area (Å²) in [4.78, 5) is 13.0. The molecule has 0 saturated carbocycles. The molecule has 1 aromatic carbocycles. The molecule has 0 fully saturated rings. The first-order chi connectivity index (χ1) is 12.7. The molecule has 0 saturated heterocycles. The van der Waals surface area contributed by atoms with Gasteiger partial charge in [-0.1, -0.05) is 11.3 Å². The van der Waals surface area contributed by atoms with Crippen LogP contribution in [0.4, 0.5) is 5.13 Å². The first kappa shape index (κ1) is 16.1. The molecule has 0 spiro atoms. The van der Waals surface area contributed by atoms with Gasteiger partial charge in [-0.2, -0.15) is 4.52 Å². The molecule has 0 bridgehead atoms. The van der Waals surface area contributed by atoms with Gasteiger partial charge in [-0.3, -0.25) is 10.1 Å². The zero-order valence-corrected chi connectivity index (χ0v) is 14.6. The van der Waals surface area contributed by atoms with Crippen LogP contribution < -0.4 is 14.8 Å². The number of benzene rings is 1. The second-order valence-corrected chi connectivity index (χ2v) is 6.08. The molecule has 3 aromatic heterocycles. The molecule has 132 valence electrons. The predicted octanol–water partition coefficient (Wildman–Crippen LogP) is 2.72. The largest absolute Gasteiger partial charge is 0.493 e. The minimum Gasteiger partial charge on any atom is -0.493 e. The van der Waals surface area contributed by atoms with E-state index >= 15 is 0 Å². The van der Waals surface area contributed by atoms with Crippen LogP contribution in [-0.2, 0) is 0 Å². The van der Waals surface area contributed by atoms with Gasteiger partial charge in [0, 0.05) is 5.56 Å². The highest BCUT2D eigenvalue weighted by Crippen LogP contribution is 2.29. The van der Waals surface area contributed by atoms with Crippen molar-refractivity contribution in [2.45, 2.75) is 0 Å². The molecule has 4 rings (SSSR count). The molecule has 10 heteroatoms. The smallest absolute Gasteiger partial charge is 0.257 e. The van der Waals surface area contributed by atoms with Gasteiger partial charge in [-0.25, -0.2) is 0 Å². The van der Waals surface area contributed by atoms with E-state index in [-0.39, 0.29) is 5.91 Å². The number of ether oxygens (including phenoxy) is 2. The third kappa shape index (κ3) is 2.75. The van der Waals surface area contributed by atoms with Gasteiger partial charge in [-0.05, 0) is 30.3 Å². The molecule has 0 aliphatic heterocycles. The number of anilines is 1. The predicted molar refractivity (Wildman–Crippen MR) is 93.9 cm³/mol. The van der Waals surface area contributed by atoms with Crippen molar-refractivity contribution in [3.8, 4) is 23.1 Å². The maximum absolute atomic E-state index is 12.5. The van der Waals surface area contributed by atoms with Gasteiger partial charge >= 0.3 is 0 Å². The first-order valence-corrected chi connectivity index (χ1v) is 8.30. The van der Waals surface area contributed by atoms with Crippen LogP contribution in [0, 0.1) is 0 Å². The van der Waals surface area contributed by atoms with Crippen LogP contribution in [-0.4, -0.2) is 39.9 Å². The van der Waals surface area contributed by atoms with Crippen LogP contribution in [0.5, 0.6) is 11.5 Å². The number of nitrogens with one attached hydrogen (secondary N) is 1. The Kier molecular flexibility index (Phi) is 4.01. The van der Waals surface area contributed by atoms with Crippen LogP contribution in [0.3, 0.4) is 0 Å². The fourth-order valence-corrected chi connectivity index (χ4v) is 3.11. The summed E-state index contributed by atoms with van der Waals surface area (Å²) in [5, 5.41) is 15.6. The Bertz CT molecular complexity index is 1070. The Hall–Kier alpha value is -3.40. The number of rotatable bonds is 5. The molecule has 0 radical (unpaired) electrons. The number of hydrogen-bond acceptors (Lipinski definition) is 8. The average Bonchev–Trinajstić information content (AvgIpc) is 3.38. The topological polar surface area (TPSA) is 104 Å². The second kappa shape index (κ2) is 6.48. The van der Waals surface area contributed by atoms with Crippen LogP contribution in [0.1, 0.15) is 10.4 Å². The van der Waals surface area contributed by atoms with Crippen LogP contribution in [0.15, 0.2) is 41.0 Å². The molecule has 9 nitrogen and oxygen atoms in total. The zero-order valence-electron chi connectivity index (χ0n) is 13.8. The Morgan fingerprint density at radius 1 is 1.19 bits per heavy atom. The Labute approximate surface area is 151 Å². The molecule has 0 aliphatic carbocycles. The molecule has 0 atom stereocenters. The maximum atomic E-state index is 12.5. The summed E-state index contributed by atoms with van der Waals surface area (Å²) in [5.41, 5.74) is 0.417. The molecule has 3 heterocycles. The molecule has 1 amide bonds. The maximum Gasteiger partial charge on any atom is 0.257 e. The van der Waals surface area contributed by atoms with E-state index in [1.807, 2.05) is 0 Å². The first-order valence-electron chi connectivity index (χ1n) is 7.49. The van der Waals surface area contributed by atoms with E-state index in [0.29, 0.717) is 38.7 Å². The molecule has 4 aromatic rings. The summed E-state index contributed by atoms with van der Waals surface area (Å²) in [7, 11) is 3.05. The molecular formula is C16H13N5O4S. The summed E-state index contributed by atoms with van der Waals surface area (Å²) in [6, 6.07) is 8.43. The molecular weight excluding hydrogens is 358 g/mol. The highest BCUT2D eigenvalue weighted by molar-refractivity contribution is 7.20. The summed E-state index contributed by atoms with van der Waals surface area (Å²) < 4.78 is 17.2. The zero-order chi connectivity index (χ0) is 18.1. The van der Waals surface area contributed by atoms with E-state index in [4.69, 9.17) is 13.9 Å². The van der Waals surface area contributed by atoms with Crippen molar-refractivity contribution in [1.82, 2.24) is 19.8 Å². The molecule has 26 heavy (non-hydrogen) atoms. The van der Waals surface area contributed by atoms with Gasteiger partial charge < -0.3 is 13.9 Å². The van der Waals surface area contributed by atoms with Gasteiger partial charge in [0.15, 0.2) is 17.3 Å². The minimum absolute atomic E-state index is 0.324. The van der Waals surface area contributed by atoms with Gasteiger partial charge in [0.25, 0.3) is 5.91 Å². The Morgan fingerprint density at radius 3 is 2.77 bits per heavy atom. The summed E-state index contributed by atoms with van der Waals surface area (Å²) in [5.74, 6) is 1.70. The molecule has 1 N–H and O–H groups in total. The lowest BCUT2D eigenvalue weighted by atomic mass is 10.2. The van der Waals surface area contributed by atoms with Crippen molar-refractivity contribution in [2.24, 2.45) is 0 Å². The lowest BCUT2D eigenvalue weighted by Crippen LogP contribution is -2.12. The van der Waals surface area contributed by atoms with E-state index < -0.39 is 0 Å². The number of nitrogens with zero attached hydrogens (tertiary/aromatic N) is 4. The van der Waals surface area contributed by atoms with Crippen LogP contribution in [0.25, 0.3) is 16.5 Å². The normalized spacial score (nSPS) is 10.8. The van der Waals surface area contributed by atoms with Crippen molar-refractivity contribution in [3.63, 3.8) is 0 Å². The summed E-state index contributed by atoms with van der Waals surface area (Å²) in [6.45, 7) is 0. The highest BCUT2D eigenvalue weighted by Gasteiger charge is 2.17. The molecule has 0 aliphatic rings. The van der Waals surface area contributed by atoms with Gasteiger partial charge in [0.1, 0.15) is 0 Å². The number of carbonyl (C=O) groups excluding carboxylic acids is 1. The van der Waals surface area contributed by atoms with Crippen LogP contribution in [0.2, 0.25) is 0 Å². The average molecular weight is 371 g/mol. The monoisotopic (exact) mass is 371 g/mol. The van der Waals surface area contributed by atoms with Crippen molar-refractivity contribution in [2.75, 3.05) is 19.5 Å². The third-order valence-electron chi connectivity index (χ3n) is 3.60. The Morgan fingerprint density at radius 2 is 2.04 bits per heavy atom. The quantitative estimate of drug-likeness (QED) is 0.575.